The predicted molar refractivity (Wildman–Crippen MR) is 70.8 cm³/mol. The van der Waals surface area contributed by atoms with E-state index in [1.54, 1.807) is 18.2 Å². The number of methoxy groups -OCH3 is 2. The molecule has 1 aromatic carbocycles. The summed E-state index contributed by atoms with van der Waals surface area (Å²) < 4.78 is 10.5. The Hall–Kier alpha value is -2.24. The number of nitrogens with zero attached hydrogens (tertiary/aromatic N) is 1. The van der Waals surface area contributed by atoms with Crippen LogP contribution in [-0.4, -0.2) is 42.1 Å². The lowest BCUT2D eigenvalue weighted by molar-refractivity contribution is -0.146. The molecular weight excluding hydrogens is 262 g/mol. The van der Waals surface area contributed by atoms with E-state index in [4.69, 9.17) is 14.6 Å². The Labute approximate surface area is 116 Å². The molecule has 2 rings (SSSR count). The van der Waals surface area contributed by atoms with Gasteiger partial charge in [-0.3, -0.25) is 4.79 Å². The molecule has 6 nitrogen and oxygen atoms in total. The Bertz CT molecular complexity index is 528. The molecule has 0 aromatic heterocycles. The largest absolute Gasteiger partial charge is 0.493 e. The fraction of sp³-hybridized carbons (Fsp3) is 0.429. The molecule has 0 aliphatic carbocycles. The zero-order valence-electron chi connectivity index (χ0n) is 11.5. The highest BCUT2D eigenvalue weighted by Gasteiger charge is 2.36. The first-order valence-electron chi connectivity index (χ1n) is 6.30. The lowest BCUT2D eigenvalue weighted by Gasteiger charge is -2.23. The van der Waals surface area contributed by atoms with E-state index in [9.17, 15) is 9.59 Å². The third-order valence-electron chi connectivity index (χ3n) is 3.44. The van der Waals surface area contributed by atoms with Gasteiger partial charge in [-0.05, 0) is 12.5 Å². The van der Waals surface area contributed by atoms with Gasteiger partial charge in [0.25, 0.3) is 0 Å². The molecule has 0 radical (unpaired) electrons. The first-order valence-corrected chi connectivity index (χ1v) is 6.30. The van der Waals surface area contributed by atoms with Crippen molar-refractivity contribution in [3.8, 4) is 11.5 Å². The summed E-state index contributed by atoms with van der Waals surface area (Å²) in [6, 6.07) is 4.57. The van der Waals surface area contributed by atoms with E-state index in [-0.39, 0.29) is 18.9 Å². The molecule has 1 aliphatic heterocycles. The molecule has 0 unspecified atom stereocenters. The first-order chi connectivity index (χ1) is 9.58. The van der Waals surface area contributed by atoms with E-state index in [0.717, 1.165) is 5.56 Å². The van der Waals surface area contributed by atoms with Gasteiger partial charge in [0.2, 0.25) is 5.91 Å². The number of hydrogen-bond acceptors (Lipinski definition) is 4. The monoisotopic (exact) mass is 279 g/mol. The molecule has 1 N–H and O–H groups in total. The molecule has 0 bridgehead atoms. The normalized spacial score (nSPS) is 18.2. The van der Waals surface area contributed by atoms with Crippen LogP contribution in [0.1, 0.15) is 18.4 Å². The second kappa shape index (κ2) is 5.81. The van der Waals surface area contributed by atoms with E-state index in [1.165, 1.54) is 19.1 Å². The number of carbonyl (C=O) groups excluding carboxylic acids is 1. The van der Waals surface area contributed by atoms with Crippen LogP contribution in [0.5, 0.6) is 11.5 Å². The highest BCUT2D eigenvalue weighted by Crippen LogP contribution is 2.33. The molecule has 0 spiro atoms. The number of hydrogen-bond donors (Lipinski definition) is 1. The predicted octanol–water partition coefficient (Wildman–Crippen LogP) is 1.28. The van der Waals surface area contributed by atoms with Crippen LogP contribution in [-0.2, 0) is 16.1 Å². The molecule has 1 atom stereocenters. The number of rotatable bonds is 5. The molecule has 1 aromatic rings. The molecule has 1 saturated heterocycles. The van der Waals surface area contributed by atoms with Crippen LogP contribution < -0.4 is 9.47 Å². The van der Waals surface area contributed by atoms with Gasteiger partial charge < -0.3 is 19.5 Å². The van der Waals surface area contributed by atoms with Crippen molar-refractivity contribution in [3.05, 3.63) is 23.8 Å². The zero-order chi connectivity index (χ0) is 14.7. The number of para-hydroxylation sites is 1. The SMILES string of the molecule is COc1cccc(CN2C(=O)CC[C@H]2C(=O)O)c1OC. The minimum absolute atomic E-state index is 0.151. The smallest absolute Gasteiger partial charge is 0.326 e. The van der Waals surface area contributed by atoms with Crippen molar-refractivity contribution in [1.82, 2.24) is 4.90 Å². The number of carbonyl (C=O) groups is 2. The number of benzene rings is 1. The third kappa shape index (κ3) is 2.54. The van der Waals surface area contributed by atoms with Crippen LogP contribution in [0, 0.1) is 0 Å². The Morgan fingerprint density at radius 2 is 2.15 bits per heavy atom. The summed E-state index contributed by atoms with van der Waals surface area (Å²) in [5.41, 5.74) is 0.730. The van der Waals surface area contributed by atoms with Gasteiger partial charge in [0, 0.05) is 12.0 Å². The third-order valence-corrected chi connectivity index (χ3v) is 3.44. The number of carboxylic acids is 1. The highest BCUT2D eigenvalue weighted by atomic mass is 16.5. The summed E-state index contributed by atoms with van der Waals surface area (Å²) in [6.45, 7) is 0.205. The fourth-order valence-corrected chi connectivity index (χ4v) is 2.45. The van der Waals surface area contributed by atoms with Crippen LogP contribution in [0.3, 0.4) is 0 Å². The summed E-state index contributed by atoms with van der Waals surface area (Å²) in [4.78, 5) is 24.4. The van der Waals surface area contributed by atoms with Gasteiger partial charge in [-0.1, -0.05) is 12.1 Å². The Morgan fingerprint density at radius 3 is 2.75 bits per heavy atom. The molecule has 1 aliphatic rings. The lowest BCUT2D eigenvalue weighted by Crippen LogP contribution is -2.38. The number of carboxylic acid groups (broad SMARTS) is 1. The van der Waals surface area contributed by atoms with Crippen LogP contribution in [0.15, 0.2) is 18.2 Å². The van der Waals surface area contributed by atoms with Gasteiger partial charge >= 0.3 is 5.97 Å². The topological polar surface area (TPSA) is 76.1 Å². The average molecular weight is 279 g/mol. The van der Waals surface area contributed by atoms with Gasteiger partial charge in [0.15, 0.2) is 11.5 Å². The summed E-state index contributed by atoms with van der Waals surface area (Å²) in [7, 11) is 3.05. The summed E-state index contributed by atoms with van der Waals surface area (Å²) in [6.07, 6.45) is 0.615. The average Bonchev–Trinajstić information content (AvgIpc) is 2.80. The van der Waals surface area contributed by atoms with Crippen LogP contribution in [0.4, 0.5) is 0 Å². The molecule has 1 fully saturated rings. The first kappa shape index (κ1) is 14.2. The Morgan fingerprint density at radius 1 is 1.40 bits per heavy atom. The maximum Gasteiger partial charge on any atom is 0.326 e. The number of ether oxygens (including phenoxy) is 2. The fourth-order valence-electron chi connectivity index (χ4n) is 2.45. The van der Waals surface area contributed by atoms with E-state index >= 15 is 0 Å². The highest BCUT2D eigenvalue weighted by molar-refractivity contribution is 5.87. The minimum Gasteiger partial charge on any atom is -0.493 e. The lowest BCUT2D eigenvalue weighted by atomic mass is 10.1. The maximum absolute atomic E-state index is 11.8. The Balaban J connectivity index is 2.29. The molecule has 1 heterocycles. The van der Waals surface area contributed by atoms with Crippen LogP contribution in [0.25, 0.3) is 0 Å². The Kier molecular flexibility index (Phi) is 4.12. The van der Waals surface area contributed by atoms with E-state index in [1.807, 2.05) is 0 Å². The van der Waals surface area contributed by atoms with Crippen molar-refractivity contribution < 1.29 is 24.2 Å². The van der Waals surface area contributed by atoms with E-state index < -0.39 is 12.0 Å². The standard InChI is InChI=1S/C14H17NO5/c1-19-11-5-3-4-9(13(11)20-2)8-15-10(14(17)18)6-7-12(15)16/h3-5,10H,6-8H2,1-2H3,(H,17,18)/t10-/m0/s1. The molecular formula is C14H17NO5. The second-order valence-electron chi connectivity index (χ2n) is 4.57. The summed E-state index contributed by atoms with van der Waals surface area (Å²) >= 11 is 0. The molecule has 0 saturated carbocycles. The van der Waals surface area contributed by atoms with Crippen molar-refractivity contribution in [2.45, 2.75) is 25.4 Å². The molecule has 108 valence electrons. The van der Waals surface area contributed by atoms with Gasteiger partial charge in [0.1, 0.15) is 6.04 Å². The quantitative estimate of drug-likeness (QED) is 0.878. The maximum atomic E-state index is 11.8. The number of likely N-dealkylation sites (tertiary alicyclic amines) is 1. The van der Waals surface area contributed by atoms with Gasteiger partial charge in [-0.2, -0.15) is 0 Å². The zero-order valence-corrected chi connectivity index (χ0v) is 11.5. The molecule has 1 amide bonds. The van der Waals surface area contributed by atoms with Crippen molar-refractivity contribution in [3.63, 3.8) is 0 Å². The number of amides is 1. The van der Waals surface area contributed by atoms with E-state index in [2.05, 4.69) is 0 Å². The van der Waals surface area contributed by atoms with Crippen LogP contribution >= 0.6 is 0 Å². The van der Waals surface area contributed by atoms with E-state index in [0.29, 0.717) is 17.9 Å². The summed E-state index contributed by atoms with van der Waals surface area (Å²) in [5, 5.41) is 9.16. The molecule has 6 heteroatoms. The summed E-state index contributed by atoms with van der Waals surface area (Å²) in [5.74, 6) is -0.0395. The van der Waals surface area contributed by atoms with Crippen molar-refractivity contribution in [2.75, 3.05) is 14.2 Å². The van der Waals surface area contributed by atoms with Crippen LogP contribution in [0.2, 0.25) is 0 Å². The minimum atomic E-state index is -0.974. The van der Waals surface area contributed by atoms with Gasteiger partial charge in [-0.15, -0.1) is 0 Å². The van der Waals surface area contributed by atoms with Crippen molar-refractivity contribution in [2.24, 2.45) is 0 Å². The van der Waals surface area contributed by atoms with Gasteiger partial charge in [-0.25, -0.2) is 4.79 Å². The van der Waals surface area contributed by atoms with Crippen molar-refractivity contribution >= 4 is 11.9 Å². The number of aliphatic carboxylic acids is 1. The van der Waals surface area contributed by atoms with Crippen molar-refractivity contribution in [1.29, 1.82) is 0 Å². The van der Waals surface area contributed by atoms with Gasteiger partial charge in [0.05, 0.1) is 20.8 Å². The second-order valence-corrected chi connectivity index (χ2v) is 4.57. The molecule has 20 heavy (non-hydrogen) atoms.